The number of fused-ring (bicyclic) bond motifs is 2. The highest BCUT2D eigenvalue weighted by Gasteiger charge is 2.35. The molecule has 2 bridgehead atoms. The lowest BCUT2D eigenvalue weighted by Crippen LogP contribution is -2.54. The summed E-state index contributed by atoms with van der Waals surface area (Å²) in [5.74, 6) is 0.744. The first-order valence-electron chi connectivity index (χ1n) is 7.71. The van der Waals surface area contributed by atoms with Crippen molar-refractivity contribution in [1.29, 1.82) is 0 Å². The van der Waals surface area contributed by atoms with E-state index in [1.807, 2.05) is 6.07 Å². The Morgan fingerprint density at radius 2 is 2.10 bits per heavy atom. The molecule has 2 unspecified atom stereocenters. The van der Waals surface area contributed by atoms with Gasteiger partial charge in [-0.2, -0.15) is 0 Å². The maximum atomic E-state index is 5.32. The van der Waals surface area contributed by atoms with Gasteiger partial charge in [-0.3, -0.25) is 0 Å². The van der Waals surface area contributed by atoms with Crippen LogP contribution in [0.25, 0.3) is 0 Å². The van der Waals surface area contributed by atoms with Gasteiger partial charge < -0.3 is 15.0 Å². The summed E-state index contributed by atoms with van der Waals surface area (Å²) in [6, 6.07) is 6.25. The molecule has 0 amide bonds. The monoisotopic (exact) mass is 275 g/mol. The van der Waals surface area contributed by atoms with Crippen LogP contribution in [0.2, 0.25) is 0 Å². The van der Waals surface area contributed by atoms with Crippen molar-refractivity contribution in [2.45, 2.75) is 56.8 Å². The third-order valence-corrected chi connectivity index (χ3v) is 4.96. The predicted molar refractivity (Wildman–Crippen MR) is 79.8 cm³/mol. The van der Waals surface area contributed by atoms with Crippen LogP contribution in [0.1, 0.15) is 37.7 Å². The number of piperidine rings is 2. The number of nitrogens with zero attached hydrogens (tertiary/aromatic N) is 2. The van der Waals surface area contributed by atoms with Crippen molar-refractivity contribution in [3.8, 4) is 5.88 Å². The highest BCUT2D eigenvalue weighted by atomic mass is 16.5. The van der Waals surface area contributed by atoms with Crippen molar-refractivity contribution < 1.29 is 4.74 Å². The Hall–Kier alpha value is -1.13. The fraction of sp³-hybridized carbons (Fsp3) is 0.688. The zero-order valence-electron chi connectivity index (χ0n) is 12.5. The molecule has 2 fully saturated rings. The highest BCUT2D eigenvalue weighted by Crippen LogP contribution is 2.32. The first kappa shape index (κ1) is 13.8. The minimum atomic E-state index is 0.631. The number of nitrogens with one attached hydrogen (secondary N) is 1. The molecule has 1 aromatic heterocycles. The number of aromatic nitrogens is 1. The van der Waals surface area contributed by atoms with Gasteiger partial charge in [0.05, 0.1) is 7.11 Å². The van der Waals surface area contributed by atoms with Gasteiger partial charge in [-0.25, -0.2) is 4.98 Å². The number of pyridine rings is 1. The first-order valence-corrected chi connectivity index (χ1v) is 7.71. The summed E-state index contributed by atoms with van der Waals surface area (Å²) in [6.45, 7) is 0.852. The maximum Gasteiger partial charge on any atom is 0.217 e. The van der Waals surface area contributed by atoms with Crippen molar-refractivity contribution in [3.63, 3.8) is 0 Å². The van der Waals surface area contributed by atoms with Crippen LogP contribution >= 0.6 is 0 Å². The van der Waals surface area contributed by atoms with E-state index < -0.39 is 0 Å². The Morgan fingerprint density at radius 3 is 2.80 bits per heavy atom. The van der Waals surface area contributed by atoms with Crippen molar-refractivity contribution >= 4 is 0 Å². The second-order valence-corrected chi connectivity index (χ2v) is 6.13. The van der Waals surface area contributed by atoms with Gasteiger partial charge in [0.1, 0.15) is 0 Å². The predicted octanol–water partition coefficient (Wildman–Crippen LogP) is 2.20. The van der Waals surface area contributed by atoms with Crippen molar-refractivity contribution in [1.82, 2.24) is 15.2 Å². The fourth-order valence-electron chi connectivity index (χ4n) is 3.78. The second kappa shape index (κ2) is 6.10. The third kappa shape index (κ3) is 2.81. The fourth-order valence-corrected chi connectivity index (χ4v) is 3.78. The van der Waals surface area contributed by atoms with Crippen molar-refractivity contribution in [3.05, 3.63) is 23.9 Å². The smallest absolute Gasteiger partial charge is 0.217 e. The molecule has 4 nitrogen and oxygen atoms in total. The van der Waals surface area contributed by atoms with Crippen LogP contribution in [0, 0.1) is 0 Å². The maximum absolute atomic E-state index is 5.32. The highest BCUT2D eigenvalue weighted by molar-refractivity contribution is 5.25. The number of hydrogen-bond acceptors (Lipinski definition) is 4. The molecular weight excluding hydrogens is 250 g/mol. The summed E-state index contributed by atoms with van der Waals surface area (Å²) in [4.78, 5) is 6.86. The lowest BCUT2D eigenvalue weighted by atomic mass is 9.82. The van der Waals surface area contributed by atoms with Gasteiger partial charge in [-0.05, 0) is 38.8 Å². The SMILES string of the molecule is COc1ncccc1CNC1CC2CCCC(C1)N2C. The Kier molecular flexibility index (Phi) is 4.22. The molecule has 1 aromatic rings. The van der Waals surface area contributed by atoms with Gasteiger partial charge in [-0.15, -0.1) is 0 Å². The average molecular weight is 275 g/mol. The number of rotatable bonds is 4. The van der Waals surface area contributed by atoms with E-state index in [0.29, 0.717) is 6.04 Å². The lowest BCUT2D eigenvalue weighted by Gasteiger charge is -2.47. The molecule has 3 rings (SSSR count). The van der Waals surface area contributed by atoms with Gasteiger partial charge in [0.25, 0.3) is 0 Å². The summed E-state index contributed by atoms with van der Waals surface area (Å²) in [5.41, 5.74) is 1.15. The van der Waals surface area contributed by atoms with E-state index in [2.05, 4.69) is 28.3 Å². The second-order valence-electron chi connectivity index (χ2n) is 6.13. The van der Waals surface area contributed by atoms with Crippen LogP contribution in [-0.2, 0) is 6.54 Å². The van der Waals surface area contributed by atoms with Crippen LogP contribution in [0.5, 0.6) is 5.88 Å². The minimum Gasteiger partial charge on any atom is -0.481 e. The summed E-state index contributed by atoms with van der Waals surface area (Å²) in [7, 11) is 3.99. The number of ether oxygens (including phenoxy) is 1. The molecule has 0 saturated carbocycles. The van der Waals surface area contributed by atoms with Gasteiger partial charge in [-0.1, -0.05) is 12.5 Å². The van der Waals surface area contributed by atoms with Crippen LogP contribution in [0.3, 0.4) is 0 Å². The van der Waals surface area contributed by atoms with Crippen LogP contribution in [-0.4, -0.2) is 42.2 Å². The molecule has 2 saturated heterocycles. The van der Waals surface area contributed by atoms with Gasteiger partial charge in [0.2, 0.25) is 5.88 Å². The van der Waals surface area contributed by atoms with E-state index in [9.17, 15) is 0 Å². The topological polar surface area (TPSA) is 37.4 Å². The van der Waals surface area contributed by atoms with Gasteiger partial charge in [0.15, 0.2) is 0 Å². The molecule has 0 radical (unpaired) electrons. The molecule has 0 spiro atoms. The Morgan fingerprint density at radius 1 is 1.35 bits per heavy atom. The Balaban J connectivity index is 1.59. The van der Waals surface area contributed by atoms with Crippen LogP contribution in [0.4, 0.5) is 0 Å². The molecular formula is C16H25N3O. The van der Waals surface area contributed by atoms with Crippen LogP contribution < -0.4 is 10.1 Å². The first-order chi connectivity index (χ1) is 9.78. The van der Waals surface area contributed by atoms with Crippen molar-refractivity contribution in [2.24, 2.45) is 0 Å². The third-order valence-electron chi connectivity index (χ3n) is 4.96. The summed E-state index contributed by atoms with van der Waals surface area (Å²) in [5, 5.41) is 3.72. The molecule has 110 valence electrons. The van der Waals surface area contributed by atoms with E-state index in [1.165, 1.54) is 32.1 Å². The molecule has 2 aliphatic rings. The molecule has 2 atom stereocenters. The van der Waals surface area contributed by atoms with E-state index in [-0.39, 0.29) is 0 Å². The zero-order chi connectivity index (χ0) is 13.9. The molecule has 2 aliphatic heterocycles. The largest absolute Gasteiger partial charge is 0.481 e. The summed E-state index contributed by atoms with van der Waals surface area (Å²) < 4.78 is 5.32. The normalized spacial score (nSPS) is 30.2. The molecule has 20 heavy (non-hydrogen) atoms. The summed E-state index contributed by atoms with van der Waals surface area (Å²) in [6.07, 6.45) is 8.46. The molecule has 0 aromatic carbocycles. The molecule has 3 heterocycles. The number of methoxy groups -OCH3 is 1. The standard InChI is InChI=1S/C16H25N3O/c1-19-14-6-3-7-15(19)10-13(9-14)18-11-12-5-4-8-17-16(12)20-2/h4-5,8,13-15,18H,3,6-7,9-11H2,1-2H3. The zero-order valence-corrected chi connectivity index (χ0v) is 12.5. The minimum absolute atomic E-state index is 0.631. The van der Waals surface area contributed by atoms with Crippen LogP contribution in [0.15, 0.2) is 18.3 Å². The Bertz CT molecular complexity index is 437. The van der Waals surface area contributed by atoms with E-state index in [4.69, 9.17) is 4.74 Å². The Labute approximate surface area is 121 Å². The van der Waals surface area contributed by atoms with E-state index in [1.54, 1.807) is 13.3 Å². The molecule has 1 N–H and O–H groups in total. The molecule has 4 heteroatoms. The van der Waals surface area contributed by atoms with E-state index in [0.717, 1.165) is 30.1 Å². The van der Waals surface area contributed by atoms with Gasteiger partial charge >= 0.3 is 0 Å². The summed E-state index contributed by atoms with van der Waals surface area (Å²) >= 11 is 0. The van der Waals surface area contributed by atoms with Gasteiger partial charge in [0, 0.05) is 36.4 Å². The average Bonchev–Trinajstić information content (AvgIpc) is 2.46. The van der Waals surface area contributed by atoms with Crippen molar-refractivity contribution in [2.75, 3.05) is 14.2 Å². The van der Waals surface area contributed by atoms with E-state index >= 15 is 0 Å². The molecule has 0 aliphatic carbocycles. The quantitative estimate of drug-likeness (QED) is 0.914. The number of hydrogen-bond donors (Lipinski definition) is 1. The lowest BCUT2D eigenvalue weighted by molar-refractivity contribution is 0.0482.